The van der Waals surface area contributed by atoms with Gasteiger partial charge in [0.1, 0.15) is 21.5 Å². The van der Waals surface area contributed by atoms with Crippen molar-refractivity contribution in [3.8, 4) is 5.75 Å². The van der Waals surface area contributed by atoms with E-state index >= 15 is 0 Å². The van der Waals surface area contributed by atoms with E-state index in [2.05, 4.69) is 0 Å². The zero-order valence-electron chi connectivity index (χ0n) is 20.4. The van der Waals surface area contributed by atoms with Crippen molar-refractivity contribution in [2.75, 3.05) is 7.11 Å². The summed E-state index contributed by atoms with van der Waals surface area (Å²) in [5.41, 5.74) is 0.233. The van der Waals surface area contributed by atoms with Gasteiger partial charge in [0, 0.05) is 16.1 Å². The fraction of sp³-hybridized carbons (Fsp3) is 0.308. The number of Topliss-reactive ketones (excluding diaryl/α,β-unsaturated/α-hetero) is 1. The van der Waals surface area contributed by atoms with E-state index in [1.54, 1.807) is 12.1 Å². The number of rotatable bonds is 6. The molecular weight excluding hydrogens is 668 g/mol. The lowest BCUT2D eigenvalue weighted by Crippen LogP contribution is -2.59. The predicted molar refractivity (Wildman–Crippen MR) is 154 cm³/mol. The highest BCUT2D eigenvalue weighted by molar-refractivity contribution is 6.66. The third-order valence-electron chi connectivity index (χ3n) is 7.52. The van der Waals surface area contributed by atoms with Crippen LogP contribution >= 0.6 is 81.2 Å². The Hall–Kier alpha value is -1.71. The van der Waals surface area contributed by atoms with E-state index in [1.807, 2.05) is 0 Å². The molecule has 2 aliphatic carbocycles. The minimum Gasteiger partial charge on any atom is -0.497 e. The van der Waals surface area contributed by atoms with Gasteiger partial charge in [0.05, 0.1) is 29.0 Å². The zero-order valence-corrected chi connectivity index (χ0v) is 25.7. The van der Waals surface area contributed by atoms with Gasteiger partial charge in [-0.25, -0.2) is 5.01 Å². The second-order valence-corrected chi connectivity index (χ2v) is 13.2. The summed E-state index contributed by atoms with van der Waals surface area (Å²) in [5.74, 6) is -5.86. The second-order valence-electron chi connectivity index (χ2n) is 9.49. The third kappa shape index (κ3) is 3.72. The molecule has 7 nitrogen and oxygen atoms in total. The molecule has 14 heteroatoms. The van der Waals surface area contributed by atoms with Crippen LogP contribution < -0.4 is 4.74 Å². The standard InChI is InChI=1S/C26H17Cl7N2O5/c1-11(18(36)12-5-9-15(40-2)10-6-12)34(21(37)13-3-7-14(27)8-4-13)35-22(38)16-17(23(35)39)25(31)20(29)19(28)24(16,30)26(25,32)33/h3-11,16-17H,1-2H3/t11-,16-,17+,24-,25-/m1/s1. The Morgan fingerprint density at radius 1 is 0.825 bits per heavy atom. The van der Waals surface area contributed by atoms with Gasteiger partial charge in [0.15, 0.2) is 10.1 Å². The largest absolute Gasteiger partial charge is 0.497 e. The molecule has 0 N–H and O–H groups in total. The molecule has 0 spiro atoms. The molecule has 2 fully saturated rings. The number of alkyl halides is 4. The fourth-order valence-corrected chi connectivity index (χ4v) is 8.52. The Kier molecular flexibility index (Phi) is 7.40. The number of hydrazine groups is 1. The highest BCUT2D eigenvalue weighted by Gasteiger charge is 2.88. The normalized spacial score (nSPS) is 29.1. The van der Waals surface area contributed by atoms with Gasteiger partial charge in [-0.2, -0.15) is 5.01 Å². The number of carbonyl (C=O) groups excluding carboxylic acids is 4. The Morgan fingerprint density at radius 3 is 1.73 bits per heavy atom. The number of ether oxygens (including phenoxy) is 1. The van der Waals surface area contributed by atoms with Gasteiger partial charge in [0.25, 0.3) is 17.7 Å². The molecule has 3 amide bonds. The molecule has 2 bridgehead atoms. The molecule has 40 heavy (non-hydrogen) atoms. The topological polar surface area (TPSA) is 84.0 Å². The monoisotopic (exact) mass is 682 g/mol. The number of halogens is 7. The number of benzene rings is 2. The number of ketones is 1. The number of fused-ring (bicyclic) bond motifs is 5. The van der Waals surface area contributed by atoms with E-state index < -0.39 is 55.5 Å². The Morgan fingerprint density at radius 2 is 1.27 bits per heavy atom. The SMILES string of the molecule is COc1ccc(C(=O)[C@@H](C)N(C(=O)c2ccc(Cl)cc2)N2C(=O)[C@@H]3[C@H](C2=O)[C@@]2(Cl)C(Cl)=C(Cl)[C@@]3(Cl)C2(Cl)Cl)cc1. The smallest absolute Gasteiger partial charge is 0.273 e. The first kappa shape index (κ1) is 29.8. The number of hydrogen-bond acceptors (Lipinski definition) is 5. The van der Waals surface area contributed by atoms with Gasteiger partial charge >= 0.3 is 0 Å². The molecule has 5 atom stereocenters. The van der Waals surface area contributed by atoms with Gasteiger partial charge in [0.2, 0.25) is 0 Å². The molecular formula is C26H17Cl7N2O5. The average molecular weight is 686 g/mol. The van der Waals surface area contributed by atoms with Crippen LogP contribution in [-0.2, 0) is 9.59 Å². The summed E-state index contributed by atoms with van der Waals surface area (Å²) in [4.78, 5) is 51.4. The summed E-state index contributed by atoms with van der Waals surface area (Å²) in [6.45, 7) is 1.38. The molecule has 1 aliphatic heterocycles. The van der Waals surface area contributed by atoms with Crippen LogP contribution in [-0.4, -0.2) is 60.8 Å². The summed E-state index contributed by atoms with van der Waals surface area (Å²) >= 11 is 45.5. The number of amides is 3. The number of allylic oxidation sites excluding steroid dienone is 2. The lowest BCUT2D eigenvalue weighted by Gasteiger charge is -2.38. The number of carbonyl (C=O) groups is 4. The summed E-state index contributed by atoms with van der Waals surface area (Å²) in [7, 11) is 1.47. The molecule has 3 aliphatic rings. The lowest BCUT2D eigenvalue weighted by atomic mass is 9.84. The van der Waals surface area contributed by atoms with Crippen LogP contribution in [0.3, 0.4) is 0 Å². The fourth-order valence-electron chi connectivity index (χ4n) is 5.46. The highest BCUT2D eigenvalue weighted by atomic mass is 35.5. The first-order valence-electron chi connectivity index (χ1n) is 11.6. The lowest BCUT2D eigenvalue weighted by molar-refractivity contribution is -0.157. The molecule has 5 rings (SSSR count). The van der Waals surface area contributed by atoms with Crippen molar-refractivity contribution >= 4 is 105 Å². The van der Waals surface area contributed by atoms with Crippen molar-refractivity contribution in [2.45, 2.75) is 27.0 Å². The van der Waals surface area contributed by atoms with Crippen molar-refractivity contribution < 1.29 is 23.9 Å². The van der Waals surface area contributed by atoms with E-state index in [9.17, 15) is 19.2 Å². The average Bonchev–Trinajstić information content (AvgIpc) is 3.32. The maximum absolute atomic E-state index is 14.0. The molecule has 2 aromatic carbocycles. The van der Waals surface area contributed by atoms with E-state index in [0.717, 1.165) is 5.01 Å². The summed E-state index contributed by atoms with van der Waals surface area (Å²) in [5, 5.41) is 1.12. The zero-order chi connectivity index (χ0) is 29.5. The van der Waals surface area contributed by atoms with E-state index in [4.69, 9.17) is 85.9 Å². The van der Waals surface area contributed by atoms with Gasteiger partial charge in [-0.15, -0.1) is 23.2 Å². The summed E-state index contributed by atoms with van der Waals surface area (Å²) in [6.07, 6.45) is 0. The van der Waals surface area contributed by atoms with Crippen LogP contribution in [0, 0.1) is 11.8 Å². The van der Waals surface area contributed by atoms with Crippen LogP contribution in [0.2, 0.25) is 5.02 Å². The number of methoxy groups -OCH3 is 1. The maximum Gasteiger partial charge on any atom is 0.273 e. The first-order valence-corrected chi connectivity index (χ1v) is 14.3. The van der Waals surface area contributed by atoms with Crippen LogP contribution in [0.1, 0.15) is 27.6 Å². The molecule has 0 aromatic heterocycles. The molecule has 1 saturated heterocycles. The van der Waals surface area contributed by atoms with Crippen LogP contribution in [0.5, 0.6) is 5.75 Å². The molecule has 2 aromatic rings. The van der Waals surface area contributed by atoms with E-state index in [0.29, 0.717) is 15.8 Å². The van der Waals surface area contributed by atoms with Gasteiger partial charge in [-0.1, -0.05) is 58.0 Å². The number of imide groups is 1. The quantitative estimate of drug-likeness (QED) is 0.199. The van der Waals surface area contributed by atoms with Gasteiger partial charge in [-0.05, 0) is 55.5 Å². The maximum atomic E-state index is 14.0. The third-order valence-corrected chi connectivity index (χ3v) is 12.0. The van der Waals surface area contributed by atoms with Crippen LogP contribution in [0.4, 0.5) is 0 Å². The number of nitrogens with zero attached hydrogens (tertiary/aromatic N) is 2. The van der Waals surface area contributed by atoms with Gasteiger partial charge in [-0.3, -0.25) is 19.2 Å². The molecule has 210 valence electrons. The minimum absolute atomic E-state index is 0.0406. The Bertz CT molecular complexity index is 1450. The van der Waals surface area contributed by atoms with Crippen molar-refractivity contribution in [3.05, 3.63) is 74.7 Å². The van der Waals surface area contributed by atoms with Crippen LogP contribution in [0.25, 0.3) is 0 Å². The Labute approximate surface area is 263 Å². The summed E-state index contributed by atoms with van der Waals surface area (Å²) in [6, 6.07) is 10.4. The molecule has 1 saturated carbocycles. The number of hydrogen-bond donors (Lipinski definition) is 0. The van der Waals surface area contributed by atoms with Crippen LogP contribution in [0.15, 0.2) is 58.6 Å². The predicted octanol–water partition coefficient (Wildman–Crippen LogP) is 6.42. The van der Waals surface area contributed by atoms with Crippen molar-refractivity contribution in [1.82, 2.24) is 10.0 Å². The van der Waals surface area contributed by atoms with Gasteiger partial charge < -0.3 is 4.74 Å². The van der Waals surface area contributed by atoms with E-state index in [-0.39, 0.29) is 21.2 Å². The molecule has 0 unspecified atom stereocenters. The van der Waals surface area contributed by atoms with Crippen molar-refractivity contribution in [3.63, 3.8) is 0 Å². The first-order chi connectivity index (χ1) is 18.7. The second kappa shape index (κ2) is 9.94. The Balaban J connectivity index is 1.62. The van der Waals surface area contributed by atoms with Crippen molar-refractivity contribution in [2.24, 2.45) is 11.8 Å². The molecule has 1 heterocycles. The van der Waals surface area contributed by atoms with E-state index in [1.165, 1.54) is 50.4 Å². The minimum atomic E-state index is -2.15. The summed E-state index contributed by atoms with van der Waals surface area (Å²) < 4.78 is 2.98. The highest BCUT2D eigenvalue weighted by Crippen LogP contribution is 2.77. The van der Waals surface area contributed by atoms with Crippen molar-refractivity contribution in [1.29, 1.82) is 0 Å². The molecule has 0 radical (unpaired) electrons.